The summed E-state index contributed by atoms with van der Waals surface area (Å²) in [6.07, 6.45) is 0.463. The normalized spacial score (nSPS) is 12.7. The highest BCUT2D eigenvalue weighted by atomic mass is 16.7. The van der Waals surface area contributed by atoms with Crippen molar-refractivity contribution in [3.05, 3.63) is 47.8 Å². The van der Waals surface area contributed by atoms with Crippen LogP contribution in [0.2, 0.25) is 0 Å². The Bertz CT molecular complexity index is 946. The maximum Gasteiger partial charge on any atom is 0.303 e. The molecule has 0 fully saturated rings. The van der Waals surface area contributed by atoms with Gasteiger partial charge < -0.3 is 19.0 Å². The fourth-order valence-corrected chi connectivity index (χ4v) is 3.06. The zero-order chi connectivity index (χ0) is 16.7. The summed E-state index contributed by atoms with van der Waals surface area (Å²) in [7, 11) is 0. The molecule has 0 bridgehead atoms. The van der Waals surface area contributed by atoms with E-state index in [0.29, 0.717) is 17.9 Å². The van der Waals surface area contributed by atoms with Crippen LogP contribution >= 0.6 is 0 Å². The van der Waals surface area contributed by atoms with Crippen molar-refractivity contribution in [2.24, 2.45) is 0 Å². The highest BCUT2D eigenvalue weighted by Crippen LogP contribution is 2.37. The van der Waals surface area contributed by atoms with Crippen LogP contribution in [0.3, 0.4) is 0 Å². The topological polar surface area (TPSA) is 73.1 Å². The van der Waals surface area contributed by atoms with Crippen molar-refractivity contribution < 1.29 is 19.4 Å². The van der Waals surface area contributed by atoms with E-state index in [-0.39, 0.29) is 13.2 Å². The predicted octanol–water partition coefficient (Wildman–Crippen LogP) is 3.06. The molecule has 0 radical (unpaired) electrons. The molecule has 1 aliphatic rings. The molecule has 2 aromatic heterocycles. The van der Waals surface area contributed by atoms with Crippen LogP contribution in [0.25, 0.3) is 16.9 Å². The van der Waals surface area contributed by atoms with E-state index in [9.17, 15) is 4.79 Å². The lowest BCUT2D eigenvalue weighted by Crippen LogP contribution is -2.03. The lowest BCUT2D eigenvalue weighted by molar-refractivity contribution is -0.136. The minimum atomic E-state index is -0.824. The Morgan fingerprint density at radius 1 is 1.25 bits per heavy atom. The average Bonchev–Trinajstić information content (AvgIpc) is 3.17. The van der Waals surface area contributed by atoms with Crippen LogP contribution in [0, 0.1) is 6.92 Å². The van der Waals surface area contributed by atoms with Crippen LogP contribution in [0.5, 0.6) is 11.5 Å². The SMILES string of the molecule is Cc1cccc2nc(-c3ccc4c(c3)OCO4)c(CCC(=O)O)n12. The van der Waals surface area contributed by atoms with Crippen molar-refractivity contribution in [2.75, 3.05) is 6.79 Å². The van der Waals surface area contributed by atoms with Gasteiger partial charge in [-0.2, -0.15) is 0 Å². The third-order valence-corrected chi connectivity index (χ3v) is 4.16. The number of ether oxygens (including phenoxy) is 2. The molecular weight excluding hydrogens is 308 g/mol. The average molecular weight is 324 g/mol. The van der Waals surface area contributed by atoms with E-state index >= 15 is 0 Å². The molecule has 6 nitrogen and oxygen atoms in total. The number of fused-ring (bicyclic) bond motifs is 2. The number of aliphatic carboxylic acids is 1. The molecule has 1 aromatic carbocycles. The summed E-state index contributed by atoms with van der Waals surface area (Å²) in [5, 5.41) is 9.08. The van der Waals surface area contributed by atoms with Crippen LogP contribution in [0.1, 0.15) is 17.8 Å². The van der Waals surface area contributed by atoms with Crippen LogP contribution in [-0.4, -0.2) is 27.3 Å². The Hall–Kier alpha value is -3.02. The van der Waals surface area contributed by atoms with E-state index in [1.807, 2.05) is 47.7 Å². The van der Waals surface area contributed by atoms with Crippen LogP contribution in [0.4, 0.5) is 0 Å². The number of carboxylic acid groups (broad SMARTS) is 1. The number of benzene rings is 1. The second-order valence-corrected chi connectivity index (χ2v) is 5.73. The molecular formula is C18H16N2O4. The zero-order valence-electron chi connectivity index (χ0n) is 13.2. The van der Waals surface area contributed by atoms with E-state index in [1.165, 1.54) is 0 Å². The Labute approximate surface area is 138 Å². The number of carbonyl (C=O) groups is 1. The predicted molar refractivity (Wildman–Crippen MR) is 87.4 cm³/mol. The standard InChI is InChI=1S/C18H16N2O4/c1-11-3-2-4-16-19-18(13(20(11)16)6-8-17(21)22)12-5-7-14-15(9-12)24-10-23-14/h2-5,7,9H,6,8,10H2,1H3,(H,21,22). The molecule has 0 saturated carbocycles. The van der Waals surface area contributed by atoms with E-state index in [2.05, 4.69) is 0 Å². The summed E-state index contributed by atoms with van der Waals surface area (Å²) >= 11 is 0. The maximum absolute atomic E-state index is 11.1. The number of pyridine rings is 1. The number of aromatic nitrogens is 2. The summed E-state index contributed by atoms with van der Waals surface area (Å²) < 4.78 is 12.8. The van der Waals surface area contributed by atoms with E-state index in [1.54, 1.807) is 0 Å². The molecule has 0 saturated heterocycles. The Morgan fingerprint density at radius 3 is 2.92 bits per heavy atom. The molecule has 0 atom stereocenters. The van der Waals surface area contributed by atoms with Crippen molar-refractivity contribution in [2.45, 2.75) is 19.8 Å². The van der Waals surface area contributed by atoms with Crippen molar-refractivity contribution in [3.63, 3.8) is 0 Å². The number of imidazole rings is 1. The van der Waals surface area contributed by atoms with E-state index in [0.717, 1.165) is 28.3 Å². The van der Waals surface area contributed by atoms with E-state index in [4.69, 9.17) is 19.6 Å². The Balaban J connectivity index is 1.89. The number of nitrogens with zero attached hydrogens (tertiary/aromatic N) is 2. The lowest BCUT2D eigenvalue weighted by atomic mass is 10.1. The molecule has 3 aromatic rings. The summed E-state index contributed by atoms with van der Waals surface area (Å²) in [6, 6.07) is 11.5. The van der Waals surface area contributed by atoms with Gasteiger partial charge in [0, 0.05) is 17.7 Å². The minimum Gasteiger partial charge on any atom is -0.481 e. The number of rotatable bonds is 4. The molecule has 0 amide bonds. The van der Waals surface area contributed by atoms with Gasteiger partial charge in [-0.15, -0.1) is 0 Å². The summed E-state index contributed by atoms with van der Waals surface area (Å²) in [5.74, 6) is 0.575. The molecule has 24 heavy (non-hydrogen) atoms. The van der Waals surface area contributed by atoms with Gasteiger partial charge in [0.2, 0.25) is 6.79 Å². The van der Waals surface area contributed by atoms with Crippen LogP contribution < -0.4 is 9.47 Å². The highest BCUT2D eigenvalue weighted by molar-refractivity contribution is 5.72. The van der Waals surface area contributed by atoms with Gasteiger partial charge in [0.15, 0.2) is 11.5 Å². The van der Waals surface area contributed by atoms with Crippen molar-refractivity contribution in [3.8, 4) is 22.8 Å². The van der Waals surface area contributed by atoms with Gasteiger partial charge in [-0.25, -0.2) is 4.98 Å². The monoisotopic (exact) mass is 324 g/mol. The second kappa shape index (κ2) is 5.56. The molecule has 4 rings (SSSR count). The van der Waals surface area contributed by atoms with Crippen LogP contribution in [0.15, 0.2) is 36.4 Å². The zero-order valence-corrected chi connectivity index (χ0v) is 13.2. The Kier molecular flexibility index (Phi) is 3.37. The third-order valence-electron chi connectivity index (χ3n) is 4.16. The van der Waals surface area contributed by atoms with Gasteiger partial charge in [0.1, 0.15) is 5.65 Å². The quantitative estimate of drug-likeness (QED) is 0.798. The first-order chi connectivity index (χ1) is 11.6. The molecule has 0 spiro atoms. The number of carboxylic acids is 1. The summed E-state index contributed by atoms with van der Waals surface area (Å²) in [6.45, 7) is 2.21. The third kappa shape index (κ3) is 2.36. The van der Waals surface area contributed by atoms with Crippen molar-refractivity contribution in [1.29, 1.82) is 0 Å². The molecule has 0 aliphatic carbocycles. The molecule has 1 aliphatic heterocycles. The fourth-order valence-electron chi connectivity index (χ4n) is 3.06. The van der Waals surface area contributed by atoms with Crippen molar-refractivity contribution in [1.82, 2.24) is 9.38 Å². The van der Waals surface area contributed by atoms with Gasteiger partial charge in [-0.1, -0.05) is 6.07 Å². The first-order valence-corrected chi connectivity index (χ1v) is 7.72. The summed E-state index contributed by atoms with van der Waals surface area (Å²) in [4.78, 5) is 15.8. The number of hydrogen-bond acceptors (Lipinski definition) is 4. The number of aryl methyl sites for hydroxylation is 2. The largest absolute Gasteiger partial charge is 0.481 e. The molecule has 3 heterocycles. The Morgan fingerprint density at radius 2 is 2.08 bits per heavy atom. The molecule has 0 unspecified atom stereocenters. The van der Waals surface area contributed by atoms with Crippen molar-refractivity contribution >= 4 is 11.6 Å². The summed E-state index contributed by atoms with van der Waals surface area (Å²) in [5.41, 5.74) is 4.39. The van der Waals surface area contributed by atoms with E-state index < -0.39 is 5.97 Å². The first-order valence-electron chi connectivity index (χ1n) is 7.72. The van der Waals surface area contributed by atoms with Gasteiger partial charge in [-0.3, -0.25) is 4.79 Å². The smallest absolute Gasteiger partial charge is 0.303 e. The fraction of sp³-hybridized carbons (Fsp3) is 0.222. The number of hydrogen-bond donors (Lipinski definition) is 1. The van der Waals surface area contributed by atoms with Gasteiger partial charge in [-0.05, 0) is 37.3 Å². The molecule has 1 N–H and O–H groups in total. The van der Waals surface area contributed by atoms with Gasteiger partial charge in [0.25, 0.3) is 0 Å². The van der Waals surface area contributed by atoms with Gasteiger partial charge >= 0.3 is 5.97 Å². The highest BCUT2D eigenvalue weighted by Gasteiger charge is 2.19. The van der Waals surface area contributed by atoms with Crippen LogP contribution in [-0.2, 0) is 11.2 Å². The second-order valence-electron chi connectivity index (χ2n) is 5.73. The molecule has 122 valence electrons. The maximum atomic E-state index is 11.1. The minimum absolute atomic E-state index is 0.0552. The molecule has 6 heteroatoms. The van der Waals surface area contributed by atoms with Gasteiger partial charge in [0.05, 0.1) is 17.8 Å². The first kappa shape index (κ1) is 14.6. The lowest BCUT2D eigenvalue weighted by Gasteiger charge is -2.07.